The van der Waals surface area contributed by atoms with Gasteiger partial charge in [-0.3, -0.25) is 0 Å². The summed E-state index contributed by atoms with van der Waals surface area (Å²) in [6, 6.07) is 1.56. The van der Waals surface area contributed by atoms with Crippen LogP contribution in [0.2, 0.25) is 5.02 Å². The van der Waals surface area contributed by atoms with Crippen LogP contribution in [0.15, 0.2) is 12.3 Å². The van der Waals surface area contributed by atoms with Crippen LogP contribution in [0, 0.1) is 0 Å². The average molecular weight is 208 g/mol. The molecule has 0 radical (unpaired) electrons. The summed E-state index contributed by atoms with van der Waals surface area (Å²) in [6.45, 7) is -1.04. The van der Waals surface area contributed by atoms with E-state index in [0.717, 1.165) is 0 Å². The molecule has 0 bridgehead atoms. The zero-order chi connectivity index (χ0) is 9.84. The molecule has 0 aliphatic heterocycles. The van der Waals surface area contributed by atoms with E-state index in [9.17, 15) is 8.78 Å². The average Bonchev–Trinajstić information content (AvgIpc) is 2.07. The molecule has 0 atom stereocenters. The number of aryl methyl sites for hydroxylation is 1. The number of rotatable bonds is 3. The van der Waals surface area contributed by atoms with E-state index in [-0.39, 0.29) is 5.88 Å². The molecule has 13 heavy (non-hydrogen) atoms. The van der Waals surface area contributed by atoms with Crippen LogP contribution in [0.25, 0.3) is 0 Å². The highest BCUT2D eigenvalue weighted by atomic mass is 35.5. The summed E-state index contributed by atoms with van der Waals surface area (Å²) in [6.07, 6.45) is 1.83. The lowest BCUT2D eigenvalue weighted by molar-refractivity contribution is -0.0534. The van der Waals surface area contributed by atoms with Gasteiger partial charge in [0.05, 0.1) is 5.02 Å². The fourth-order valence-electron chi connectivity index (χ4n) is 0.912. The summed E-state index contributed by atoms with van der Waals surface area (Å²) in [5.74, 6) is -0.0538. The molecule has 0 saturated heterocycles. The molecule has 1 heterocycles. The van der Waals surface area contributed by atoms with Gasteiger partial charge in [-0.2, -0.15) is 8.78 Å². The van der Waals surface area contributed by atoms with Crippen LogP contribution < -0.4 is 4.74 Å². The molecule has 0 N–H and O–H groups in total. The van der Waals surface area contributed by atoms with E-state index in [1.165, 1.54) is 6.20 Å². The molecule has 72 valence electrons. The van der Waals surface area contributed by atoms with Crippen LogP contribution >= 0.6 is 11.6 Å². The van der Waals surface area contributed by atoms with Crippen molar-refractivity contribution < 1.29 is 13.5 Å². The molecule has 0 aliphatic rings. The van der Waals surface area contributed by atoms with Crippen LogP contribution in [0.1, 0.15) is 12.5 Å². The maximum Gasteiger partial charge on any atom is 0.388 e. The lowest BCUT2D eigenvalue weighted by Crippen LogP contribution is -2.05. The van der Waals surface area contributed by atoms with Crippen LogP contribution in [0.3, 0.4) is 0 Å². The molecule has 0 amide bonds. The molecular weight excluding hydrogens is 200 g/mol. The lowest BCUT2D eigenvalue weighted by atomic mass is 10.2. The fourth-order valence-corrected chi connectivity index (χ4v) is 1.09. The molecular formula is C8H8ClF2NO. The minimum absolute atomic E-state index is 0.0538. The topological polar surface area (TPSA) is 22.1 Å². The Morgan fingerprint density at radius 3 is 2.85 bits per heavy atom. The van der Waals surface area contributed by atoms with Crippen LogP contribution in [-0.4, -0.2) is 11.6 Å². The number of aromatic nitrogens is 1. The fraction of sp³-hybridized carbons (Fsp3) is 0.375. The third-order valence-electron chi connectivity index (χ3n) is 1.47. The van der Waals surface area contributed by atoms with Crippen LogP contribution in [-0.2, 0) is 6.42 Å². The van der Waals surface area contributed by atoms with Crippen molar-refractivity contribution in [2.75, 3.05) is 0 Å². The molecule has 5 heteroatoms. The van der Waals surface area contributed by atoms with E-state index < -0.39 is 6.61 Å². The molecule has 0 fully saturated rings. The third-order valence-corrected chi connectivity index (χ3v) is 1.68. The Bertz CT molecular complexity index is 293. The first kappa shape index (κ1) is 10.2. The van der Waals surface area contributed by atoms with E-state index in [0.29, 0.717) is 17.0 Å². The Morgan fingerprint density at radius 1 is 1.62 bits per heavy atom. The van der Waals surface area contributed by atoms with Gasteiger partial charge in [-0.25, -0.2) is 4.98 Å². The number of halogens is 3. The van der Waals surface area contributed by atoms with Gasteiger partial charge in [0, 0.05) is 11.8 Å². The molecule has 0 saturated carbocycles. The van der Waals surface area contributed by atoms with Crippen molar-refractivity contribution >= 4 is 11.6 Å². The molecule has 1 aromatic rings. The van der Waals surface area contributed by atoms with E-state index in [1.807, 2.05) is 6.92 Å². The smallest absolute Gasteiger partial charge is 0.388 e. The van der Waals surface area contributed by atoms with Crippen molar-refractivity contribution in [2.45, 2.75) is 20.0 Å². The Balaban J connectivity index is 2.92. The van der Waals surface area contributed by atoms with Crippen molar-refractivity contribution in [3.05, 3.63) is 22.8 Å². The van der Waals surface area contributed by atoms with Gasteiger partial charge >= 0.3 is 6.61 Å². The van der Waals surface area contributed by atoms with Crippen molar-refractivity contribution in [3.63, 3.8) is 0 Å². The highest BCUT2D eigenvalue weighted by Crippen LogP contribution is 2.21. The first-order valence-corrected chi connectivity index (χ1v) is 4.10. The predicted octanol–water partition coefficient (Wildman–Crippen LogP) is 2.90. The van der Waals surface area contributed by atoms with Gasteiger partial charge in [0.15, 0.2) is 0 Å². The SMILES string of the molecule is CCc1cc(Cl)cnc1OC(F)F. The van der Waals surface area contributed by atoms with Gasteiger partial charge in [-0.15, -0.1) is 0 Å². The number of nitrogens with zero attached hydrogens (tertiary/aromatic N) is 1. The standard InChI is InChI=1S/C8H8ClF2NO/c1-2-5-3-6(9)4-12-7(5)13-8(10)11/h3-4,8H,2H2,1H3. The maximum atomic E-state index is 11.8. The van der Waals surface area contributed by atoms with Crippen LogP contribution in [0.4, 0.5) is 8.78 Å². The normalized spacial score (nSPS) is 10.5. The second kappa shape index (κ2) is 4.37. The molecule has 2 nitrogen and oxygen atoms in total. The Morgan fingerprint density at radius 2 is 2.31 bits per heavy atom. The van der Waals surface area contributed by atoms with Gasteiger partial charge in [-0.1, -0.05) is 18.5 Å². The minimum atomic E-state index is -2.85. The molecule has 0 spiro atoms. The van der Waals surface area contributed by atoms with E-state index in [2.05, 4.69) is 9.72 Å². The zero-order valence-corrected chi connectivity index (χ0v) is 7.68. The Kier molecular flexibility index (Phi) is 3.42. The number of pyridine rings is 1. The molecule has 0 unspecified atom stereocenters. The molecule has 1 aromatic heterocycles. The first-order valence-electron chi connectivity index (χ1n) is 3.72. The Hall–Kier alpha value is -0.900. The summed E-state index contributed by atoms with van der Waals surface area (Å²) < 4.78 is 27.9. The van der Waals surface area contributed by atoms with Gasteiger partial charge < -0.3 is 4.74 Å². The van der Waals surface area contributed by atoms with Crippen molar-refractivity contribution in [2.24, 2.45) is 0 Å². The number of ether oxygens (including phenoxy) is 1. The van der Waals surface area contributed by atoms with E-state index >= 15 is 0 Å². The van der Waals surface area contributed by atoms with Gasteiger partial charge in [0.25, 0.3) is 0 Å². The summed E-state index contributed by atoms with van der Waals surface area (Å²) in [7, 11) is 0. The Labute approximate surface area is 79.5 Å². The highest BCUT2D eigenvalue weighted by Gasteiger charge is 2.09. The second-order valence-electron chi connectivity index (χ2n) is 2.35. The summed E-state index contributed by atoms with van der Waals surface area (Å²) in [5, 5.41) is 0.415. The second-order valence-corrected chi connectivity index (χ2v) is 2.79. The largest absolute Gasteiger partial charge is 0.417 e. The number of hydrogen-bond donors (Lipinski definition) is 0. The first-order chi connectivity index (χ1) is 6.13. The molecule has 0 aromatic carbocycles. The molecule has 0 aliphatic carbocycles. The summed E-state index contributed by atoms with van der Waals surface area (Å²) in [4.78, 5) is 3.66. The lowest BCUT2D eigenvalue weighted by Gasteiger charge is -2.07. The van der Waals surface area contributed by atoms with Crippen molar-refractivity contribution in [3.8, 4) is 5.88 Å². The van der Waals surface area contributed by atoms with Crippen LogP contribution in [0.5, 0.6) is 5.88 Å². The van der Waals surface area contributed by atoms with Gasteiger partial charge in [-0.05, 0) is 12.5 Å². The van der Waals surface area contributed by atoms with Crippen molar-refractivity contribution in [1.82, 2.24) is 4.98 Å². The zero-order valence-electron chi connectivity index (χ0n) is 6.93. The summed E-state index contributed by atoms with van der Waals surface area (Å²) >= 11 is 5.63. The summed E-state index contributed by atoms with van der Waals surface area (Å²) in [5.41, 5.74) is 0.577. The predicted molar refractivity (Wildman–Crippen MR) is 45.3 cm³/mol. The highest BCUT2D eigenvalue weighted by molar-refractivity contribution is 6.30. The monoisotopic (exact) mass is 207 g/mol. The molecule has 1 rings (SSSR count). The quantitative estimate of drug-likeness (QED) is 0.760. The number of hydrogen-bond acceptors (Lipinski definition) is 2. The maximum absolute atomic E-state index is 11.8. The van der Waals surface area contributed by atoms with Gasteiger partial charge in [0.2, 0.25) is 5.88 Å². The van der Waals surface area contributed by atoms with Gasteiger partial charge in [0.1, 0.15) is 0 Å². The van der Waals surface area contributed by atoms with Crippen molar-refractivity contribution in [1.29, 1.82) is 0 Å². The minimum Gasteiger partial charge on any atom is -0.417 e. The van der Waals surface area contributed by atoms with E-state index in [1.54, 1.807) is 6.07 Å². The third kappa shape index (κ3) is 2.81. The number of alkyl halides is 2. The van der Waals surface area contributed by atoms with E-state index in [4.69, 9.17) is 11.6 Å².